The van der Waals surface area contributed by atoms with E-state index >= 15 is 0 Å². The van der Waals surface area contributed by atoms with Crippen LogP contribution in [0.25, 0.3) is 0 Å². The molecular formula is C11H14O3. The zero-order valence-electron chi connectivity index (χ0n) is 8.36. The van der Waals surface area contributed by atoms with Crippen molar-refractivity contribution >= 4 is 5.97 Å². The van der Waals surface area contributed by atoms with Gasteiger partial charge in [-0.2, -0.15) is 0 Å². The number of allylic oxidation sites excluding steroid dienone is 2. The van der Waals surface area contributed by atoms with E-state index in [1.807, 2.05) is 13.8 Å². The molecule has 0 radical (unpaired) electrons. The highest BCUT2D eigenvalue weighted by atomic mass is 16.5. The number of hydrogen-bond donors (Lipinski definition) is 1. The van der Waals surface area contributed by atoms with Crippen LogP contribution in [0.2, 0.25) is 0 Å². The van der Waals surface area contributed by atoms with E-state index in [1.54, 1.807) is 24.3 Å². The van der Waals surface area contributed by atoms with Crippen molar-refractivity contribution in [2.45, 2.75) is 20.0 Å². The molecule has 1 unspecified atom stereocenters. The van der Waals surface area contributed by atoms with Gasteiger partial charge in [0.05, 0.1) is 11.7 Å². The normalized spacial score (nSPS) is 19.8. The molecule has 0 saturated heterocycles. The summed E-state index contributed by atoms with van der Waals surface area (Å²) in [4.78, 5) is 11.2. The van der Waals surface area contributed by atoms with Gasteiger partial charge in [0.15, 0.2) is 0 Å². The lowest BCUT2D eigenvalue weighted by Crippen LogP contribution is -2.09. The predicted octanol–water partition coefficient (Wildman–Crippen LogP) is 1.35. The average molecular weight is 194 g/mol. The first-order chi connectivity index (χ1) is 6.70. The molecule has 1 heterocycles. The number of esters is 1. The Morgan fingerprint density at radius 3 is 2.71 bits per heavy atom. The van der Waals surface area contributed by atoms with E-state index in [0.29, 0.717) is 11.1 Å². The number of aliphatic hydroxyl groups is 1. The topological polar surface area (TPSA) is 46.5 Å². The van der Waals surface area contributed by atoms with E-state index in [0.717, 1.165) is 0 Å². The Hall–Kier alpha value is -1.35. The summed E-state index contributed by atoms with van der Waals surface area (Å²) in [5.74, 6) is -0.360. The Labute approximate surface area is 83.4 Å². The molecule has 1 N–H and O–H groups in total. The monoisotopic (exact) mass is 194 g/mol. The summed E-state index contributed by atoms with van der Waals surface area (Å²) in [5, 5.41) is 9.65. The van der Waals surface area contributed by atoms with Crippen LogP contribution in [-0.4, -0.2) is 23.8 Å². The number of carbonyl (C=O) groups is 1. The molecule has 1 aliphatic rings. The van der Waals surface area contributed by atoms with Gasteiger partial charge in [0, 0.05) is 5.57 Å². The van der Waals surface area contributed by atoms with Crippen molar-refractivity contribution in [2.75, 3.05) is 6.61 Å². The molecule has 0 fully saturated rings. The molecule has 0 saturated carbocycles. The maximum atomic E-state index is 11.2. The zero-order valence-corrected chi connectivity index (χ0v) is 8.36. The molecule has 3 heteroatoms. The average Bonchev–Trinajstić information content (AvgIpc) is 2.50. The first kappa shape index (κ1) is 10.7. The molecule has 0 amide bonds. The van der Waals surface area contributed by atoms with Gasteiger partial charge in [0.25, 0.3) is 0 Å². The Balaban J connectivity index is 2.98. The van der Waals surface area contributed by atoms with E-state index in [-0.39, 0.29) is 12.6 Å². The fourth-order valence-corrected chi connectivity index (χ4v) is 1.31. The lowest BCUT2D eigenvalue weighted by Gasteiger charge is -2.05. The molecule has 0 aromatic carbocycles. The first-order valence-corrected chi connectivity index (χ1v) is 4.54. The van der Waals surface area contributed by atoms with E-state index in [1.165, 1.54) is 0 Å². The van der Waals surface area contributed by atoms with Crippen molar-refractivity contribution in [1.82, 2.24) is 0 Å². The third kappa shape index (κ3) is 2.12. The summed E-state index contributed by atoms with van der Waals surface area (Å²) >= 11 is 0. The van der Waals surface area contributed by atoms with Crippen molar-refractivity contribution in [2.24, 2.45) is 0 Å². The second-order valence-corrected chi connectivity index (χ2v) is 2.99. The number of cyclic esters (lactones) is 1. The Morgan fingerprint density at radius 1 is 1.43 bits per heavy atom. The molecule has 1 rings (SSSR count). The van der Waals surface area contributed by atoms with Crippen molar-refractivity contribution in [1.29, 1.82) is 0 Å². The summed E-state index contributed by atoms with van der Waals surface area (Å²) < 4.78 is 4.84. The van der Waals surface area contributed by atoms with Crippen LogP contribution < -0.4 is 0 Å². The van der Waals surface area contributed by atoms with Crippen LogP contribution in [-0.2, 0) is 9.53 Å². The van der Waals surface area contributed by atoms with Gasteiger partial charge < -0.3 is 9.84 Å². The zero-order chi connectivity index (χ0) is 10.6. The number of aliphatic hydroxyl groups excluding tert-OH is 1. The molecule has 0 aromatic rings. The van der Waals surface area contributed by atoms with Crippen LogP contribution in [0.3, 0.4) is 0 Å². The van der Waals surface area contributed by atoms with Gasteiger partial charge in [-0.25, -0.2) is 4.79 Å². The fraction of sp³-hybridized carbons (Fsp3) is 0.364. The molecule has 1 atom stereocenters. The summed E-state index contributed by atoms with van der Waals surface area (Å²) in [7, 11) is 0. The van der Waals surface area contributed by atoms with Crippen molar-refractivity contribution in [3.8, 4) is 0 Å². The molecule has 76 valence electrons. The number of rotatable bonds is 3. The molecule has 3 nitrogen and oxygen atoms in total. The summed E-state index contributed by atoms with van der Waals surface area (Å²) in [6, 6.07) is 0. The molecular weight excluding hydrogens is 180 g/mol. The van der Waals surface area contributed by atoms with Crippen LogP contribution >= 0.6 is 0 Å². The Kier molecular flexibility index (Phi) is 3.65. The smallest absolute Gasteiger partial charge is 0.338 e. The van der Waals surface area contributed by atoms with Gasteiger partial charge >= 0.3 is 5.97 Å². The van der Waals surface area contributed by atoms with Gasteiger partial charge in [-0.05, 0) is 13.8 Å². The van der Waals surface area contributed by atoms with E-state index in [9.17, 15) is 9.90 Å². The molecule has 0 aliphatic carbocycles. The van der Waals surface area contributed by atoms with Gasteiger partial charge in [-0.15, -0.1) is 0 Å². The van der Waals surface area contributed by atoms with E-state index in [4.69, 9.17) is 4.74 Å². The second-order valence-electron chi connectivity index (χ2n) is 2.99. The van der Waals surface area contributed by atoms with Gasteiger partial charge in [-0.1, -0.05) is 24.3 Å². The number of carbonyl (C=O) groups excluding carboxylic acids is 1. The van der Waals surface area contributed by atoms with Crippen LogP contribution in [0.4, 0.5) is 0 Å². The van der Waals surface area contributed by atoms with Gasteiger partial charge in [-0.3, -0.25) is 0 Å². The predicted molar refractivity (Wildman–Crippen MR) is 53.6 cm³/mol. The standard InChI is InChI=1S/C11H14O3/c1-3-5-8-9(7-14-11(8)13)10(12)6-4-2/h3-6,10,12H,7H2,1-2H3. The molecule has 0 aromatic heterocycles. The van der Waals surface area contributed by atoms with E-state index < -0.39 is 6.10 Å². The van der Waals surface area contributed by atoms with Gasteiger partial charge in [0.1, 0.15) is 6.61 Å². The lowest BCUT2D eigenvalue weighted by atomic mass is 10.0. The highest BCUT2D eigenvalue weighted by molar-refractivity contribution is 5.95. The summed E-state index contributed by atoms with van der Waals surface area (Å²) in [6.07, 6.45) is 6.06. The minimum Gasteiger partial charge on any atom is -0.457 e. The number of ether oxygens (including phenoxy) is 1. The van der Waals surface area contributed by atoms with Crippen LogP contribution in [0, 0.1) is 0 Å². The molecule has 14 heavy (non-hydrogen) atoms. The van der Waals surface area contributed by atoms with Crippen molar-refractivity contribution in [3.63, 3.8) is 0 Å². The maximum absolute atomic E-state index is 11.2. The third-order valence-electron chi connectivity index (χ3n) is 1.99. The Bertz CT molecular complexity index is 310. The first-order valence-electron chi connectivity index (χ1n) is 4.54. The highest BCUT2D eigenvalue weighted by Gasteiger charge is 2.25. The van der Waals surface area contributed by atoms with Crippen LogP contribution in [0.5, 0.6) is 0 Å². The molecule has 0 spiro atoms. The number of hydrogen-bond acceptors (Lipinski definition) is 3. The third-order valence-corrected chi connectivity index (χ3v) is 1.99. The van der Waals surface area contributed by atoms with E-state index in [2.05, 4.69) is 0 Å². The minimum absolute atomic E-state index is 0.185. The molecule has 1 aliphatic heterocycles. The quantitative estimate of drug-likeness (QED) is 0.545. The SMILES string of the molecule is CC=CC1=C(C(O)C=CC)COC1=O. The summed E-state index contributed by atoms with van der Waals surface area (Å²) in [6.45, 7) is 3.82. The van der Waals surface area contributed by atoms with Gasteiger partial charge in [0.2, 0.25) is 0 Å². The largest absolute Gasteiger partial charge is 0.457 e. The van der Waals surface area contributed by atoms with Crippen molar-refractivity contribution < 1.29 is 14.6 Å². The van der Waals surface area contributed by atoms with Crippen molar-refractivity contribution in [3.05, 3.63) is 35.5 Å². The minimum atomic E-state index is -0.724. The maximum Gasteiger partial charge on any atom is 0.338 e. The molecule has 0 bridgehead atoms. The fourth-order valence-electron chi connectivity index (χ4n) is 1.31. The summed E-state index contributed by atoms with van der Waals surface area (Å²) in [5.41, 5.74) is 1.10. The highest BCUT2D eigenvalue weighted by Crippen LogP contribution is 2.20. The lowest BCUT2D eigenvalue weighted by molar-refractivity contribution is -0.135. The van der Waals surface area contributed by atoms with Crippen LogP contribution in [0.1, 0.15) is 13.8 Å². The van der Waals surface area contributed by atoms with Crippen LogP contribution in [0.15, 0.2) is 35.5 Å². The Morgan fingerprint density at radius 2 is 2.14 bits per heavy atom. The second kappa shape index (κ2) is 4.77.